The molecule has 0 N–H and O–H groups in total. The topological polar surface area (TPSA) is 52.6 Å². The van der Waals surface area contributed by atoms with Gasteiger partial charge in [-0.3, -0.25) is 9.59 Å². The minimum atomic E-state index is 0.00423. The number of unbranched alkanes of at least 4 members (excludes halogenated alkanes) is 13. The molecule has 2 heterocycles. The Balaban J connectivity index is 0.000000320. The van der Waals surface area contributed by atoms with Gasteiger partial charge in [-0.25, -0.2) is 0 Å². The largest absolute Gasteiger partial charge is 0.462 e. The molecule has 188 valence electrons. The Morgan fingerprint density at radius 3 is 1.41 bits per heavy atom. The van der Waals surface area contributed by atoms with Gasteiger partial charge in [-0.1, -0.05) is 97.3 Å². The van der Waals surface area contributed by atoms with Crippen molar-refractivity contribution >= 4 is 11.9 Å². The molecule has 4 heteroatoms. The van der Waals surface area contributed by atoms with Crippen molar-refractivity contribution < 1.29 is 19.1 Å². The van der Waals surface area contributed by atoms with Crippen molar-refractivity contribution in [3.8, 4) is 0 Å². The van der Waals surface area contributed by atoms with Crippen LogP contribution in [-0.2, 0) is 19.1 Å². The highest BCUT2D eigenvalue weighted by molar-refractivity contribution is 5.71. The molecule has 4 nitrogen and oxygen atoms in total. The Labute approximate surface area is 198 Å². The molecule has 0 bridgehead atoms. The summed E-state index contributed by atoms with van der Waals surface area (Å²) in [5, 5.41) is 0. The summed E-state index contributed by atoms with van der Waals surface area (Å²) in [6.45, 7) is 4.50. The Kier molecular flexibility index (Phi) is 18.6. The zero-order valence-corrected chi connectivity index (χ0v) is 21.3. The van der Waals surface area contributed by atoms with Gasteiger partial charge in [0.1, 0.15) is 12.2 Å². The van der Waals surface area contributed by atoms with E-state index in [4.69, 9.17) is 9.47 Å². The van der Waals surface area contributed by atoms with Crippen LogP contribution in [0.4, 0.5) is 0 Å². The zero-order valence-electron chi connectivity index (χ0n) is 21.3. The molecule has 32 heavy (non-hydrogen) atoms. The maximum absolute atomic E-state index is 11.1. The highest BCUT2D eigenvalue weighted by atomic mass is 16.6. The predicted octanol–water partition coefficient (Wildman–Crippen LogP) is 8.45. The highest BCUT2D eigenvalue weighted by Crippen LogP contribution is 2.21. The second-order valence-corrected chi connectivity index (χ2v) is 9.83. The van der Waals surface area contributed by atoms with E-state index in [-0.39, 0.29) is 24.1 Å². The fourth-order valence-electron chi connectivity index (χ4n) is 4.60. The molecule has 0 spiro atoms. The fourth-order valence-corrected chi connectivity index (χ4v) is 4.60. The SMILES string of the molecule is CCCCCCCCCC1CCCC(=O)O1.CCCCCCCCCCC1CCC(=O)O1. The smallest absolute Gasteiger partial charge is 0.306 e. The number of ether oxygens (including phenoxy) is 2. The lowest BCUT2D eigenvalue weighted by Gasteiger charge is -2.21. The Morgan fingerprint density at radius 1 is 0.562 bits per heavy atom. The van der Waals surface area contributed by atoms with E-state index in [1.165, 1.54) is 96.3 Å². The van der Waals surface area contributed by atoms with Crippen LogP contribution in [-0.4, -0.2) is 24.1 Å². The lowest BCUT2D eigenvalue weighted by Crippen LogP contribution is -2.23. The van der Waals surface area contributed by atoms with Gasteiger partial charge in [0.15, 0.2) is 0 Å². The second kappa shape index (κ2) is 20.5. The first-order chi connectivity index (χ1) is 15.7. The summed E-state index contributed by atoms with van der Waals surface area (Å²) in [4.78, 5) is 21.9. The Hall–Kier alpha value is -1.06. The van der Waals surface area contributed by atoms with E-state index >= 15 is 0 Å². The van der Waals surface area contributed by atoms with Crippen molar-refractivity contribution in [3.63, 3.8) is 0 Å². The maximum atomic E-state index is 11.1. The Bertz CT molecular complexity index is 462. The lowest BCUT2D eigenvalue weighted by molar-refractivity contribution is -0.154. The van der Waals surface area contributed by atoms with E-state index in [1.54, 1.807) is 0 Å². The van der Waals surface area contributed by atoms with Gasteiger partial charge in [0.05, 0.1) is 0 Å². The summed E-state index contributed by atoms with van der Waals surface area (Å²) in [7, 11) is 0. The van der Waals surface area contributed by atoms with Gasteiger partial charge in [-0.2, -0.15) is 0 Å². The summed E-state index contributed by atoms with van der Waals surface area (Å²) in [5.74, 6) is 0.0174. The van der Waals surface area contributed by atoms with Crippen LogP contribution in [0.2, 0.25) is 0 Å². The number of rotatable bonds is 17. The molecule has 2 fully saturated rings. The summed E-state index contributed by atoms with van der Waals surface area (Å²) in [5.41, 5.74) is 0. The quantitative estimate of drug-likeness (QED) is 0.164. The van der Waals surface area contributed by atoms with Crippen molar-refractivity contribution in [1.29, 1.82) is 0 Å². The summed E-state index contributed by atoms with van der Waals surface area (Å²) in [6.07, 6.45) is 27.1. The molecule has 0 aromatic rings. The van der Waals surface area contributed by atoms with Crippen LogP contribution in [0.3, 0.4) is 0 Å². The number of esters is 2. The molecule has 0 aromatic heterocycles. The van der Waals surface area contributed by atoms with Crippen LogP contribution in [0.25, 0.3) is 0 Å². The molecule has 2 unspecified atom stereocenters. The van der Waals surface area contributed by atoms with Crippen LogP contribution in [0.5, 0.6) is 0 Å². The molecule has 2 saturated heterocycles. The third-order valence-corrected chi connectivity index (χ3v) is 6.68. The van der Waals surface area contributed by atoms with Gasteiger partial charge in [-0.05, 0) is 44.9 Å². The molecule has 0 aliphatic carbocycles. The first-order valence-electron chi connectivity index (χ1n) is 14.0. The van der Waals surface area contributed by atoms with Crippen molar-refractivity contribution in [3.05, 3.63) is 0 Å². The normalized spacial score (nSPS) is 20.4. The van der Waals surface area contributed by atoms with Gasteiger partial charge in [0, 0.05) is 12.8 Å². The van der Waals surface area contributed by atoms with Crippen LogP contribution < -0.4 is 0 Å². The van der Waals surface area contributed by atoms with Crippen molar-refractivity contribution in [2.45, 2.75) is 167 Å². The summed E-state index contributed by atoms with van der Waals surface area (Å²) >= 11 is 0. The van der Waals surface area contributed by atoms with Crippen LogP contribution >= 0.6 is 0 Å². The summed E-state index contributed by atoms with van der Waals surface area (Å²) < 4.78 is 10.5. The minimum absolute atomic E-state index is 0.00423. The third kappa shape index (κ3) is 16.6. The van der Waals surface area contributed by atoms with Gasteiger partial charge in [0.2, 0.25) is 0 Å². The van der Waals surface area contributed by atoms with E-state index in [9.17, 15) is 9.59 Å². The third-order valence-electron chi connectivity index (χ3n) is 6.68. The monoisotopic (exact) mass is 452 g/mol. The number of hydrogen-bond acceptors (Lipinski definition) is 4. The van der Waals surface area contributed by atoms with E-state index < -0.39 is 0 Å². The zero-order chi connectivity index (χ0) is 23.3. The van der Waals surface area contributed by atoms with Crippen LogP contribution in [0.1, 0.15) is 155 Å². The van der Waals surface area contributed by atoms with Gasteiger partial charge in [-0.15, -0.1) is 0 Å². The second-order valence-electron chi connectivity index (χ2n) is 9.83. The number of carbonyl (C=O) groups is 2. The molecule has 0 aromatic carbocycles. The number of carbonyl (C=O) groups excluding carboxylic acids is 2. The molecule has 2 atom stereocenters. The highest BCUT2D eigenvalue weighted by Gasteiger charge is 2.22. The van der Waals surface area contributed by atoms with E-state index in [0.29, 0.717) is 12.8 Å². The molecule has 0 saturated carbocycles. The molecular weight excluding hydrogens is 400 g/mol. The Morgan fingerprint density at radius 2 is 0.969 bits per heavy atom. The van der Waals surface area contributed by atoms with E-state index in [0.717, 1.165) is 32.1 Å². The number of hydrogen-bond donors (Lipinski definition) is 0. The molecular formula is C28H52O4. The molecule has 2 aliphatic heterocycles. The molecule has 2 rings (SSSR count). The molecule has 0 amide bonds. The first-order valence-corrected chi connectivity index (χ1v) is 14.0. The molecule has 0 radical (unpaired) electrons. The first kappa shape index (κ1) is 29.0. The molecule has 2 aliphatic rings. The summed E-state index contributed by atoms with van der Waals surface area (Å²) in [6, 6.07) is 0. The average molecular weight is 453 g/mol. The number of cyclic esters (lactones) is 2. The van der Waals surface area contributed by atoms with Crippen LogP contribution in [0, 0.1) is 0 Å². The maximum Gasteiger partial charge on any atom is 0.306 e. The van der Waals surface area contributed by atoms with Gasteiger partial charge < -0.3 is 9.47 Å². The van der Waals surface area contributed by atoms with Crippen molar-refractivity contribution in [1.82, 2.24) is 0 Å². The van der Waals surface area contributed by atoms with Crippen molar-refractivity contribution in [2.24, 2.45) is 0 Å². The average Bonchev–Trinajstić information content (AvgIpc) is 3.20. The van der Waals surface area contributed by atoms with Gasteiger partial charge >= 0.3 is 11.9 Å². The van der Waals surface area contributed by atoms with Crippen molar-refractivity contribution in [2.75, 3.05) is 0 Å². The lowest BCUT2D eigenvalue weighted by atomic mass is 10.0. The standard InChI is InChI=1S/2C14H26O2/c1-2-3-4-5-6-7-8-10-13-11-9-12-14(15)16-13;1-2-3-4-5-6-7-8-9-10-13-11-12-14(15)16-13/h2*13H,2-12H2,1H3. The predicted molar refractivity (Wildman–Crippen MR) is 133 cm³/mol. The minimum Gasteiger partial charge on any atom is -0.462 e. The fraction of sp³-hybridized carbons (Fsp3) is 0.929. The van der Waals surface area contributed by atoms with E-state index in [2.05, 4.69) is 13.8 Å². The van der Waals surface area contributed by atoms with Gasteiger partial charge in [0.25, 0.3) is 0 Å². The van der Waals surface area contributed by atoms with E-state index in [1.807, 2.05) is 0 Å². The van der Waals surface area contributed by atoms with Crippen LogP contribution in [0.15, 0.2) is 0 Å².